The van der Waals surface area contributed by atoms with Crippen molar-refractivity contribution in [2.75, 3.05) is 13.6 Å². The summed E-state index contributed by atoms with van der Waals surface area (Å²) in [6, 6.07) is 43.5. The summed E-state index contributed by atoms with van der Waals surface area (Å²) in [6.45, 7) is 5.64. The van der Waals surface area contributed by atoms with Crippen molar-refractivity contribution < 1.29 is 24.5 Å². The molecule has 5 aromatic carbocycles. The zero-order chi connectivity index (χ0) is 36.5. The maximum absolute atomic E-state index is 12.4. The van der Waals surface area contributed by atoms with E-state index in [9.17, 15) is 15.0 Å². The van der Waals surface area contributed by atoms with E-state index in [-0.39, 0.29) is 36.8 Å². The topological polar surface area (TPSA) is 103 Å². The number of aliphatic hydroxyl groups excluding tert-OH is 2. The largest absolute Gasteiger partial charge is 0.392 e. The monoisotopic (exact) mass is 699 g/mol. The first-order valence-corrected chi connectivity index (χ1v) is 18.0. The van der Waals surface area contributed by atoms with Gasteiger partial charge in [0.25, 0.3) is 0 Å². The van der Waals surface area contributed by atoms with Crippen molar-refractivity contribution in [3.05, 3.63) is 167 Å². The zero-order valence-corrected chi connectivity index (χ0v) is 30.1. The third kappa shape index (κ3) is 9.33. The van der Waals surface area contributed by atoms with Gasteiger partial charge in [-0.05, 0) is 59.0 Å². The van der Waals surface area contributed by atoms with E-state index in [1.165, 1.54) is 0 Å². The van der Waals surface area contributed by atoms with Crippen LogP contribution in [0.2, 0.25) is 0 Å². The average Bonchev–Trinajstić information content (AvgIpc) is 3.20. The molecule has 0 saturated carbocycles. The van der Waals surface area contributed by atoms with Crippen LogP contribution in [0, 0.1) is 5.92 Å². The van der Waals surface area contributed by atoms with Crippen LogP contribution in [0.15, 0.2) is 133 Å². The Bertz CT molecular complexity index is 1850. The molecule has 6 atom stereocenters. The first-order valence-electron chi connectivity index (χ1n) is 18.0. The number of aliphatic hydroxyl groups is 2. The van der Waals surface area contributed by atoms with Gasteiger partial charge in [-0.2, -0.15) is 0 Å². The van der Waals surface area contributed by atoms with Gasteiger partial charge in [-0.3, -0.25) is 4.90 Å². The van der Waals surface area contributed by atoms with Crippen LogP contribution in [0.4, 0.5) is 4.79 Å². The molecule has 4 N–H and O–H groups in total. The van der Waals surface area contributed by atoms with Crippen LogP contribution in [0.1, 0.15) is 65.7 Å². The van der Waals surface area contributed by atoms with Crippen LogP contribution in [0.5, 0.6) is 0 Å². The Morgan fingerprint density at radius 1 is 0.731 bits per heavy atom. The minimum Gasteiger partial charge on any atom is -0.392 e. The normalized spacial score (nSPS) is 19.9. The van der Waals surface area contributed by atoms with Gasteiger partial charge in [0.1, 0.15) is 0 Å². The van der Waals surface area contributed by atoms with Crippen LogP contribution < -0.4 is 10.6 Å². The Labute approximate surface area is 307 Å². The number of carbonyl (C=O) groups is 1. The van der Waals surface area contributed by atoms with Crippen molar-refractivity contribution in [1.29, 1.82) is 0 Å². The molecule has 1 heterocycles. The lowest BCUT2D eigenvalue weighted by atomic mass is 9.89. The smallest absolute Gasteiger partial charge is 0.315 e. The van der Waals surface area contributed by atoms with Crippen molar-refractivity contribution >= 4 is 6.03 Å². The predicted octanol–water partition coefficient (Wildman–Crippen LogP) is 7.69. The first-order chi connectivity index (χ1) is 25.3. The molecule has 1 aliphatic heterocycles. The standard InChI is InChI=1S/C44H49N3O5/c1-30-40(28-47(3)31(2)41(49)36-14-8-5-9-15-36)51-43(52-42(30)37-19-17-33(29-48)18-20-37)38-23-21-35(22-24-38)39-16-10-13-34(25-39)27-46-44(50)45-26-32-11-6-4-7-12-32/h4-25,30-31,40-43,48-49H,26-29H2,1-3H3,(H2,45,46,50)/t30-,31-,40+,41-,42+,43+/m0/s1. The zero-order valence-electron chi connectivity index (χ0n) is 30.1. The van der Waals surface area contributed by atoms with Crippen molar-refractivity contribution in [2.45, 2.75) is 64.2 Å². The van der Waals surface area contributed by atoms with Crippen molar-refractivity contribution in [3.8, 4) is 11.1 Å². The third-order valence-electron chi connectivity index (χ3n) is 10.1. The average molecular weight is 700 g/mol. The first kappa shape index (κ1) is 36.9. The maximum Gasteiger partial charge on any atom is 0.315 e. The summed E-state index contributed by atoms with van der Waals surface area (Å²) in [6.07, 6.45) is -1.68. The summed E-state index contributed by atoms with van der Waals surface area (Å²) in [5, 5.41) is 26.7. The molecular formula is C44H49N3O5. The Balaban J connectivity index is 1.15. The lowest BCUT2D eigenvalue weighted by Crippen LogP contribution is -2.46. The number of benzene rings is 5. The van der Waals surface area contributed by atoms with Crippen LogP contribution >= 0.6 is 0 Å². The van der Waals surface area contributed by atoms with Gasteiger partial charge in [0.05, 0.1) is 24.9 Å². The molecule has 6 rings (SSSR count). The number of ether oxygens (including phenoxy) is 2. The van der Waals surface area contributed by atoms with E-state index in [1.807, 2.05) is 123 Å². The number of urea groups is 1. The number of carbonyl (C=O) groups excluding carboxylic acids is 1. The second-order valence-electron chi connectivity index (χ2n) is 13.7. The minimum absolute atomic E-state index is 0.00999. The molecule has 8 heteroatoms. The molecule has 0 radical (unpaired) electrons. The van der Waals surface area contributed by atoms with Crippen LogP contribution in [-0.4, -0.2) is 46.9 Å². The molecule has 1 saturated heterocycles. The SMILES string of the molecule is C[C@H]1[C@@H](CN(C)[C@@H](C)[C@H](O)c2ccccc2)O[C@@H](c2ccc(-c3cccc(CNC(=O)NCc4ccccc4)c3)cc2)O[C@H]1c1ccc(CO)cc1. The van der Waals surface area contributed by atoms with Gasteiger partial charge >= 0.3 is 6.03 Å². The lowest BCUT2D eigenvalue weighted by Gasteiger charge is -2.43. The summed E-state index contributed by atoms with van der Waals surface area (Å²) >= 11 is 0. The Morgan fingerprint density at radius 2 is 1.35 bits per heavy atom. The van der Waals surface area contributed by atoms with Gasteiger partial charge < -0.3 is 30.3 Å². The molecular weight excluding hydrogens is 651 g/mol. The third-order valence-corrected chi connectivity index (χ3v) is 10.1. The predicted molar refractivity (Wildman–Crippen MR) is 204 cm³/mol. The van der Waals surface area contributed by atoms with Crippen LogP contribution in [0.3, 0.4) is 0 Å². The molecule has 1 fully saturated rings. The number of likely N-dealkylation sites (N-methyl/N-ethyl adjacent to an activating group) is 1. The molecule has 0 spiro atoms. The fourth-order valence-corrected chi connectivity index (χ4v) is 6.66. The van der Waals surface area contributed by atoms with E-state index >= 15 is 0 Å². The fourth-order valence-electron chi connectivity index (χ4n) is 6.66. The molecule has 2 amide bonds. The Morgan fingerprint density at radius 3 is 2.02 bits per heavy atom. The van der Waals surface area contributed by atoms with E-state index in [1.54, 1.807) is 0 Å². The number of hydrogen-bond acceptors (Lipinski definition) is 6. The lowest BCUT2D eigenvalue weighted by molar-refractivity contribution is -0.276. The minimum atomic E-state index is -0.641. The highest BCUT2D eigenvalue weighted by atomic mass is 16.7. The van der Waals surface area contributed by atoms with E-state index in [4.69, 9.17) is 9.47 Å². The second kappa shape index (κ2) is 17.6. The van der Waals surface area contributed by atoms with E-state index in [0.717, 1.165) is 44.5 Å². The molecule has 52 heavy (non-hydrogen) atoms. The van der Waals surface area contributed by atoms with Gasteiger partial charge in [0, 0.05) is 37.2 Å². The van der Waals surface area contributed by atoms with Crippen molar-refractivity contribution in [2.24, 2.45) is 5.92 Å². The molecule has 270 valence electrons. The maximum atomic E-state index is 12.4. The summed E-state index contributed by atoms with van der Waals surface area (Å²) in [5.41, 5.74) is 7.80. The van der Waals surface area contributed by atoms with Crippen LogP contribution in [-0.2, 0) is 29.2 Å². The fraction of sp³-hybridized carbons (Fsp3) is 0.295. The van der Waals surface area contributed by atoms with Crippen molar-refractivity contribution in [3.63, 3.8) is 0 Å². The van der Waals surface area contributed by atoms with Gasteiger partial charge in [-0.1, -0.05) is 134 Å². The quantitative estimate of drug-likeness (QED) is 0.101. The molecule has 0 bridgehead atoms. The number of hydrogen-bond donors (Lipinski definition) is 4. The summed E-state index contributed by atoms with van der Waals surface area (Å²) in [4.78, 5) is 14.6. The van der Waals surface area contributed by atoms with E-state index in [2.05, 4.69) is 46.7 Å². The van der Waals surface area contributed by atoms with Gasteiger partial charge in [-0.25, -0.2) is 4.79 Å². The highest BCUT2D eigenvalue weighted by Gasteiger charge is 2.39. The van der Waals surface area contributed by atoms with E-state index < -0.39 is 12.4 Å². The summed E-state index contributed by atoms with van der Waals surface area (Å²) in [5.74, 6) is 0.00999. The van der Waals surface area contributed by atoms with Crippen molar-refractivity contribution in [1.82, 2.24) is 15.5 Å². The molecule has 0 aliphatic carbocycles. The summed E-state index contributed by atoms with van der Waals surface area (Å²) in [7, 11) is 2.03. The number of nitrogens with one attached hydrogen (secondary N) is 2. The Hall–Kier alpha value is -4.83. The second-order valence-corrected chi connectivity index (χ2v) is 13.7. The number of nitrogens with zero attached hydrogens (tertiary/aromatic N) is 1. The highest BCUT2D eigenvalue weighted by molar-refractivity contribution is 5.74. The summed E-state index contributed by atoms with van der Waals surface area (Å²) < 4.78 is 13.4. The number of amides is 2. The van der Waals surface area contributed by atoms with Crippen LogP contribution in [0.25, 0.3) is 11.1 Å². The highest BCUT2D eigenvalue weighted by Crippen LogP contribution is 2.42. The molecule has 0 unspecified atom stereocenters. The molecule has 1 aliphatic rings. The molecule has 8 nitrogen and oxygen atoms in total. The Kier molecular flexibility index (Phi) is 12.5. The molecule has 0 aromatic heterocycles. The van der Waals surface area contributed by atoms with E-state index in [0.29, 0.717) is 19.6 Å². The molecule has 5 aromatic rings. The van der Waals surface area contributed by atoms with Gasteiger partial charge in [-0.15, -0.1) is 0 Å². The number of rotatable bonds is 13. The van der Waals surface area contributed by atoms with Gasteiger partial charge in [0.2, 0.25) is 0 Å². The van der Waals surface area contributed by atoms with Gasteiger partial charge in [0.15, 0.2) is 6.29 Å².